The van der Waals surface area contributed by atoms with Gasteiger partial charge in [-0.05, 0) is 36.6 Å². The van der Waals surface area contributed by atoms with E-state index in [2.05, 4.69) is 18.1 Å². The van der Waals surface area contributed by atoms with Crippen molar-refractivity contribution in [2.24, 2.45) is 5.16 Å². The first-order valence-electron chi connectivity index (χ1n) is 9.52. The zero-order valence-corrected chi connectivity index (χ0v) is 18.0. The van der Waals surface area contributed by atoms with Crippen LogP contribution >= 0.6 is 11.8 Å². The minimum Gasteiger partial charge on any atom is -0.267 e. The molecule has 5 nitrogen and oxygen atoms in total. The molecule has 0 atom stereocenters. The molecule has 0 bridgehead atoms. The number of aryl methyl sites for hydroxylation is 1. The van der Waals surface area contributed by atoms with Crippen molar-refractivity contribution in [3.63, 3.8) is 0 Å². The molecule has 0 N–H and O–H groups in total. The molecule has 1 aromatic rings. The standard InChI is InChI=1S/C21H26N2O3S2/c1-3-4-5-6-7-10-15-28(24,25)26-23-21-14-13-20(27-21)19(16-22)18-12-9-8-11-17(18)2/h8-9,11-14H,3-7,10,15H2,1-2H3/b20-19-,23-21-. The highest BCUT2D eigenvalue weighted by Gasteiger charge is 2.18. The van der Waals surface area contributed by atoms with Crippen molar-refractivity contribution in [1.82, 2.24) is 0 Å². The fourth-order valence-electron chi connectivity index (χ4n) is 2.80. The van der Waals surface area contributed by atoms with Crippen LogP contribution in [-0.2, 0) is 14.4 Å². The molecule has 150 valence electrons. The highest BCUT2D eigenvalue weighted by atomic mass is 32.2. The van der Waals surface area contributed by atoms with E-state index in [1.165, 1.54) is 18.2 Å². The summed E-state index contributed by atoms with van der Waals surface area (Å²) in [6, 6.07) is 9.89. The number of nitrogens with zero attached hydrogens (tertiary/aromatic N) is 2. The smallest absolute Gasteiger partial charge is 0.267 e. The Balaban J connectivity index is 1.94. The molecule has 0 unspecified atom stereocenters. The van der Waals surface area contributed by atoms with Gasteiger partial charge in [-0.25, -0.2) is 0 Å². The van der Waals surface area contributed by atoms with Gasteiger partial charge in [0.15, 0.2) is 0 Å². The SMILES string of the molecule is CCCCCCCCS(=O)(=O)O/N=C1C=C/C(=C(\C#N)c2ccccc2C)S/1. The third-order valence-corrected chi connectivity index (χ3v) is 6.42. The Bertz CT molecular complexity index is 910. The van der Waals surface area contributed by atoms with Crippen molar-refractivity contribution in [2.75, 3.05) is 5.75 Å². The van der Waals surface area contributed by atoms with E-state index in [0.29, 0.717) is 17.0 Å². The number of hydrogen-bond acceptors (Lipinski definition) is 6. The predicted molar refractivity (Wildman–Crippen MR) is 116 cm³/mol. The summed E-state index contributed by atoms with van der Waals surface area (Å²) in [5.74, 6) is -0.0281. The molecular formula is C21H26N2O3S2. The lowest BCUT2D eigenvalue weighted by Crippen LogP contribution is -2.08. The molecule has 1 aromatic carbocycles. The lowest BCUT2D eigenvalue weighted by molar-refractivity contribution is 0.339. The van der Waals surface area contributed by atoms with E-state index < -0.39 is 10.1 Å². The van der Waals surface area contributed by atoms with Crippen molar-refractivity contribution in [1.29, 1.82) is 5.26 Å². The fourth-order valence-corrected chi connectivity index (χ4v) is 4.51. The van der Waals surface area contributed by atoms with Gasteiger partial charge < -0.3 is 0 Å². The summed E-state index contributed by atoms with van der Waals surface area (Å²) in [6.07, 6.45) is 9.41. The maximum atomic E-state index is 12.0. The molecule has 1 heterocycles. The zero-order chi connectivity index (χ0) is 20.4. The molecule has 28 heavy (non-hydrogen) atoms. The molecule has 0 amide bonds. The van der Waals surface area contributed by atoms with Crippen molar-refractivity contribution < 1.29 is 12.7 Å². The van der Waals surface area contributed by atoms with Gasteiger partial charge in [-0.1, -0.05) is 80.2 Å². The Morgan fingerprint density at radius 3 is 2.57 bits per heavy atom. The topological polar surface area (TPSA) is 79.5 Å². The van der Waals surface area contributed by atoms with Gasteiger partial charge in [0.1, 0.15) is 11.1 Å². The van der Waals surface area contributed by atoms with Crippen LogP contribution in [0, 0.1) is 18.3 Å². The van der Waals surface area contributed by atoms with E-state index in [0.717, 1.165) is 41.7 Å². The van der Waals surface area contributed by atoms with Gasteiger partial charge in [-0.2, -0.15) is 13.7 Å². The molecule has 1 aliphatic rings. The molecule has 0 saturated carbocycles. The minimum absolute atomic E-state index is 0.0281. The average molecular weight is 419 g/mol. The third kappa shape index (κ3) is 6.84. The van der Waals surface area contributed by atoms with Gasteiger partial charge in [0, 0.05) is 4.91 Å². The summed E-state index contributed by atoms with van der Waals surface area (Å²) in [5.41, 5.74) is 2.40. The molecule has 0 saturated heterocycles. The summed E-state index contributed by atoms with van der Waals surface area (Å²) in [6.45, 7) is 4.09. The Morgan fingerprint density at radius 2 is 1.86 bits per heavy atom. The normalized spacial score (nSPS) is 17.0. The highest BCUT2D eigenvalue weighted by Crippen LogP contribution is 2.34. The molecular weight excluding hydrogens is 392 g/mol. The van der Waals surface area contributed by atoms with E-state index in [9.17, 15) is 13.7 Å². The number of rotatable bonds is 10. The van der Waals surface area contributed by atoms with Crippen molar-refractivity contribution in [2.45, 2.75) is 52.4 Å². The van der Waals surface area contributed by atoms with Crippen LogP contribution in [0.1, 0.15) is 56.6 Å². The van der Waals surface area contributed by atoms with Crippen LogP contribution in [0.15, 0.2) is 46.5 Å². The lowest BCUT2D eigenvalue weighted by atomic mass is 10.0. The maximum Gasteiger partial charge on any atom is 0.328 e. The predicted octanol–water partition coefficient (Wildman–Crippen LogP) is 5.55. The highest BCUT2D eigenvalue weighted by molar-refractivity contribution is 8.18. The van der Waals surface area contributed by atoms with E-state index in [4.69, 9.17) is 4.28 Å². The van der Waals surface area contributed by atoms with Gasteiger partial charge >= 0.3 is 10.1 Å². The molecule has 0 fully saturated rings. The fraction of sp³-hybridized carbons (Fsp3) is 0.429. The molecule has 1 aliphatic heterocycles. The number of thioether (sulfide) groups is 1. The maximum absolute atomic E-state index is 12.0. The average Bonchev–Trinajstić information content (AvgIpc) is 3.14. The molecule has 0 aliphatic carbocycles. The molecule has 7 heteroatoms. The van der Waals surface area contributed by atoms with E-state index in [1.807, 2.05) is 31.2 Å². The summed E-state index contributed by atoms with van der Waals surface area (Å²) < 4.78 is 28.8. The summed E-state index contributed by atoms with van der Waals surface area (Å²) in [7, 11) is -3.68. The van der Waals surface area contributed by atoms with Crippen LogP contribution in [-0.4, -0.2) is 19.2 Å². The van der Waals surface area contributed by atoms with Crippen LogP contribution < -0.4 is 0 Å². The van der Waals surface area contributed by atoms with Crippen LogP contribution in [0.25, 0.3) is 5.57 Å². The Hall–Kier alpha value is -2.04. The Morgan fingerprint density at radius 1 is 1.14 bits per heavy atom. The van der Waals surface area contributed by atoms with Gasteiger partial charge in [0.05, 0.1) is 11.3 Å². The van der Waals surface area contributed by atoms with Crippen LogP contribution in [0.5, 0.6) is 0 Å². The van der Waals surface area contributed by atoms with Crippen LogP contribution in [0.3, 0.4) is 0 Å². The Labute approximate surface area is 172 Å². The zero-order valence-electron chi connectivity index (χ0n) is 16.3. The first-order chi connectivity index (χ1) is 13.5. The summed E-state index contributed by atoms with van der Waals surface area (Å²) >= 11 is 1.23. The number of unbranched alkanes of at least 4 members (excludes halogenated alkanes) is 5. The molecule has 0 aromatic heterocycles. The number of oxime groups is 1. The second-order valence-corrected chi connectivity index (χ2v) is 9.37. The quantitative estimate of drug-likeness (QED) is 0.283. The number of allylic oxidation sites excluding steroid dienone is 2. The molecule has 0 radical (unpaired) electrons. The van der Waals surface area contributed by atoms with Crippen LogP contribution in [0.2, 0.25) is 0 Å². The van der Waals surface area contributed by atoms with Gasteiger partial charge in [-0.3, -0.25) is 4.28 Å². The second kappa shape index (κ2) is 11.1. The second-order valence-electron chi connectivity index (χ2n) is 6.63. The largest absolute Gasteiger partial charge is 0.328 e. The molecule has 0 spiro atoms. The Kier molecular flexibility index (Phi) is 8.81. The lowest BCUT2D eigenvalue weighted by Gasteiger charge is -2.06. The number of nitriles is 1. The number of benzene rings is 1. The first-order valence-corrected chi connectivity index (χ1v) is 11.9. The molecule has 2 rings (SSSR count). The van der Waals surface area contributed by atoms with E-state index in [1.54, 1.807) is 12.2 Å². The van der Waals surface area contributed by atoms with Crippen molar-refractivity contribution in [3.8, 4) is 6.07 Å². The monoisotopic (exact) mass is 418 g/mol. The van der Waals surface area contributed by atoms with Gasteiger partial charge in [0.2, 0.25) is 0 Å². The van der Waals surface area contributed by atoms with Crippen molar-refractivity contribution in [3.05, 3.63) is 52.4 Å². The van der Waals surface area contributed by atoms with Gasteiger partial charge in [0.25, 0.3) is 0 Å². The van der Waals surface area contributed by atoms with E-state index in [-0.39, 0.29) is 5.75 Å². The van der Waals surface area contributed by atoms with Gasteiger partial charge in [-0.15, -0.1) is 0 Å². The van der Waals surface area contributed by atoms with Crippen molar-refractivity contribution >= 4 is 32.5 Å². The van der Waals surface area contributed by atoms with Crippen LogP contribution in [0.4, 0.5) is 0 Å². The summed E-state index contributed by atoms with van der Waals surface area (Å²) in [5, 5.41) is 13.7. The third-order valence-electron chi connectivity index (χ3n) is 4.35. The van der Waals surface area contributed by atoms with E-state index >= 15 is 0 Å². The number of hydrogen-bond donors (Lipinski definition) is 0. The first kappa shape index (κ1) is 22.3. The summed E-state index contributed by atoms with van der Waals surface area (Å²) in [4.78, 5) is 0.729. The minimum atomic E-state index is -3.68.